The van der Waals surface area contributed by atoms with Gasteiger partial charge >= 0.3 is 0 Å². The fraction of sp³-hybridized carbons (Fsp3) is 0.0625. The highest BCUT2D eigenvalue weighted by Crippen LogP contribution is 2.28. The Morgan fingerprint density at radius 3 is 2.77 bits per heavy atom. The minimum Gasteiger partial charge on any atom is -0.302 e. The zero-order valence-electron chi connectivity index (χ0n) is 11.8. The summed E-state index contributed by atoms with van der Waals surface area (Å²) in [5.74, 6) is 0.0371. The molecule has 22 heavy (non-hydrogen) atoms. The number of rotatable bonds is 4. The molecule has 0 unspecified atom stereocenters. The molecule has 0 spiro atoms. The van der Waals surface area contributed by atoms with Gasteiger partial charge in [-0.25, -0.2) is 4.63 Å². The molecule has 5 nitrogen and oxygen atoms in total. The molecule has 1 N–H and O–H groups in total. The third-order valence-corrected chi connectivity index (χ3v) is 3.87. The lowest BCUT2D eigenvalue weighted by Gasteiger charge is -1.98. The van der Waals surface area contributed by atoms with E-state index in [-0.39, 0.29) is 5.91 Å². The van der Waals surface area contributed by atoms with E-state index in [0.29, 0.717) is 11.5 Å². The van der Waals surface area contributed by atoms with Crippen LogP contribution in [0.1, 0.15) is 11.1 Å². The van der Waals surface area contributed by atoms with E-state index in [1.807, 2.05) is 48.7 Å². The van der Waals surface area contributed by atoms with Crippen LogP contribution in [0.3, 0.4) is 0 Å². The van der Waals surface area contributed by atoms with Crippen molar-refractivity contribution in [1.82, 2.24) is 10.3 Å². The zero-order valence-corrected chi connectivity index (χ0v) is 12.6. The van der Waals surface area contributed by atoms with E-state index in [0.717, 1.165) is 10.4 Å². The molecule has 2 heterocycles. The Morgan fingerprint density at radius 2 is 2.05 bits per heavy atom. The number of carbonyl (C=O) groups excluding carboxylic acids is 1. The maximum absolute atomic E-state index is 12.0. The lowest BCUT2D eigenvalue weighted by molar-refractivity contribution is -0.111. The molecular formula is C16H13N3O2S. The number of nitrogens with zero attached hydrogens (tertiary/aromatic N) is 2. The Morgan fingerprint density at radius 1 is 1.23 bits per heavy atom. The van der Waals surface area contributed by atoms with Crippen molar-refractivity contribution in [3.05, 3.63) is 59.0 Å². The van der Waals surface area contributed by atoms with E-state index in [2.05, 4.69) is 15.6 Å². The molecule has 0 saturated carbocycles. The SMILES string of the molecule is Cc1ccc(C=CC(=O)Nc2nonc2-c2cccs2)cc1. The van der Waals surface area contributed by atoms with Crippen molar-refractivity contribution in [1.29, 1.82) is 0 Å². The average Bonchev–Trinajstić information content (AvgIpc) is 3.17. The second kappa shape index (κ2) is 6.36. The van der Waals surface area contributed by atoms with Crippen LogP contribution in [0.25, 0.3) is 16.6 Å². The summed E-state index contributed by atoms with van der Waals surface area (Å²) in [5, 5.41) is 12.2. The highest BCUT2D eigenvalue weighted by molar-refractivity contribution is 7.13. The fourth-order valence-corrected chi connectivity index (χ4v) is 2.56. The van der Waals surface area contributed by atoms with Crippen LogP contribution in [0.4, 0.5) is 5.82 Å². The first-order valence-electron chi connectivity index (χ1n) is 6.64. The molecule has 6 heteroatoms. The number of benzene rings is 1. The molecule has 3 aromatic rings. The third kappa shape index (κ3) is 3.29. The molecular weight excluding hydrogens is 298 g/mol. The van der Waals surface area contributed by atoms with E-state index in [1.165, 1.54) is 23.0 Å². The molecule has 0 aliphatic rings. The Kier molecular flexibility index (Phi) is 4.11. The van der Waals surface area contributed by atoms with E-state index >= 15 is 0 Å². The summed E-state index contributed by atoms with van der Waals surface area (Å²) in [6.07, 6.45) is 3.20. The van der Waals surface area contributed by atoms with Gasteiger partial charge in [0.05, 0.1) is 4.88 Å². The molecule has 0 bridgehead atoms. The smallest absolute Gasteiger partial charge is 0.249 e. The van der Waals surface area contributed by atoms with Crippen molar-refractivity contribution in [2.75, 3.05) is 5.32 Å². The number of aromatic nitrogens is 2. The van der Waals surface area contributed by atoms with Crippen LogP contribution in [0.5, 0.6) is 0 Å². The summed E-state index contributed by atoms with van der Waals surface area (Å²) in [5.41, 5.74) is 2.67. The number of thiophene rings is 1. The lowest BCUT2D eigenvalue weighted by atomic mass is 10.1. The minimum atomic E-state index is -0.283. The standard InChI is InChI=1S/C16H13N3O2S/c1-11-4-6-12(7-5-11)8-9-14(20)17-16-15(18-21-19-16)13-3-2-10-22-13/h2-10H,1H3,(H,17,19,20). The molecule has 1 aromatic carbocycles. The van der Waals surface area contributed by atoms with Gasteiger partial charge in [0.15, 0.2) is 5.69 Å². The zero-order chi connectivity index (χ0) is 15.4. The maximum Gasteiger partial charge on any atom is 0.249 e. The molecule has 0 aliphatic carbocycles. The molecule has 3 rings (SSSR count). The van der Waals surface area contributed by atoms with E-state index < -0.39 is 0 Å². The van der Waals surface area contributed by atoms with Crippen molar-refractivity contribution in [2.45, 2.75) is 6.92 Å². The highest BCUT2D eigenvalue weighted by atomic mass is 32.1. The monoisotopic (exact) mass is 311 g/mol. The van der Waals surface area contributed by atoms with Gasteiger partial charge in [-0.3, -0.25) is 4.79 Å². The number of amides is 1. The molecule has 0 fully saturated rings. The van der Waals surface area contributed by atoms with E-state index in [4.69, 9.17) is 4.63 Å². The molecule has 0 radical (unpaired) electrons. The number of nitrogens with one attached hydrogen (secondary N) is 1. The molecule has 0 aliphatic heterocycles. The van der Waals surface area contributed by atoms with Gasteiger partial charge in [0.1, 0.15) is 0 Å². The van der Waals surface area contributed by atoms with Crippen molar-refractivity contribution in [2.24, 2.45) is 0 Å². The minimum absolute atomic E-state index is 0.283. The van der Waals surface area contributed by atoms with Gasteiger partial charge in [-0.15, -0.1) is 11.3 Å². The van der Waals surface area contributed by atoms with Crippen LogP contribution < -0.4 is 5.32 Å². The normalized spacial score (nSPS) is 11.0. The van der Waals surface area contributed by atoms with Gasteiger partial charge < -0.3 is 5.32 Å². The van der Waals surface area contributed by atoms with Gasteiger partial charge in [0, 0.05) is 6.08 Å². The van der Waals surface area contributed by atoms with Gasteiger partial charge in [-0.2, -0.15) is 0 Å². The van der Waals surface area contributed by atoms with Crippen molar-refractivity contribution >= 4 is 29.1 Å². The molecule has 0 saturated heterocycles. The number of anilines is 1. The van der Waals surface area contributed by atoms with Crippen LogP contribution >= 0.6 is 11.3 Å². The third-order valence-electron chi connectivity index (χ3n) is 2.99. The van der Waals surface area contributed by atoms with Crippen molar-refractivity contribution in [3.63, 3.8) is 0 Å². The van der Waals surface area contributed by atoms with Gasteiger partial charge in [-0.05, 0) is 40.3 Å². The van der Waals surface area contributed by atoms with Crippen LogP contribution in [-0.4, -0.2) is 16.2 Å². The van der Waals surface area contributed by atoms with E-state index in [1.54, 1.807) is 6.08 Å². The lowest BCUT2D eigenvalue weighted by Crippen LogP contribution is -2.08. The van der Waals surface area contributed by atoms with Crippen molar-refractivity contribution < 1.29 is 9.42 Å². The first-order chi connectivity index (χ1) is 10.7. The molecule has 110 valence electrons. The Labute approximate surface area is 131 Å². The Balaban J connectivity index is 1.70. The first-order valence-corrected chi connectivity index (χ1v) is 7.52. The largest absolute Gasteiger partial charge is 0.302 e. The first kappa shape index (κ1) is 14.2. The van der Waals surface area contributed by atoms with Gasteiger partial charge in [0.25, 0.3) is 0 Å². The van der Waals surface area contributed by atoms with E-state index in [9.17, 15) is 4.79 Å². The fourth-order valence-electron chi connectivity index (χ4n) is 1.85. The summed E-state index contributed by atoms with van der Waals surface area (Å²) in [4.78, 5) is 12.9. The second-order valence-electron chi connectivity index (χ2n) is 4.67. The number of aryl methyl sites for hydroxylation is 1. The number of hydrogen-bond acceptors (Lipinski definition) is 5. The summed E-state index contributed by atoms with van der Waals surface area (Å²) < 4.78 is 4.71. The quantitative estimate of drug-likeness (QED) is 0.745. The average molecular weight is 311 g/mol. The summed E-state index contributed by atoms with van der Waals surface area (Å²) >= 11 is 1.50. The summed E-state index contributed by atoms with van der Waals surface area (Å²) in [6, 6.07) is 11.7. The highest BCUT2D eigenvalue weighted by Gasteiger charge is 2.14. The number of hydrogen-bond donors (Lipinski definition) is 1. The van der Waals surface area contributed by atoms with Crippen LogP contribution in [0, 0.1) is 6.92 Å². The molecule has 1 amide bonds. The summed E-state index contributed by atoms with van der Waals surface area (Å²) in [7, 11) is 0. The Bertz CT molecular complexity index is 789. The Hall–Kier alpha value is -2.73. The van der Waals surface area contributed by atoms with Crippen LogP contribution in [0.15, 0.2) is 52.5 Å². The predicted molar refractivity (Wildman–Crippen MR) is 86.5 cm³/mol. The van der Waals surface area contributed by atoms with Crippen LogP contribution in [-0.2, 0) is 4.79 Å². The maximum atomic E-state index is 12.0. The topological polar surface area (TPSA) is 68.0 Å². The van der Waals surface area contributed by atoms with Gasteiger partial charge in [-0.1, -0.05) is 35.9 Å². The molecule has 2 aromatic heterocycles. The van der Waals surface area contributed by atoms with Gasteiger partial charge in [0.2, 0.25) is 11.7 Å². The summed E-state index contributed by atoms with van der Waals surface area (Å²) in [6.45, 7) is 2.02. The molecule has 0 atom stereocenters. The van der Waals surface area contributed by atoms with Crippen molar-refractivity contribution in [3.8, 4) is 10.6 Å². The second-order valence-corrected chi connectivity index (χ2v) is 5.62. The predicted octanol–water partition coefficient (Wildman–Crippen LogP) is 3.76. The number of carbonyl (C=O) groups is 1. The van der Waals surface area contributed by atoms with Crippen LogP contribution in [0.2, 0.25) is 0 Å².